The van der Waals surface area contributed by atoms with Gasteiger partial charge in [0, 0.05) is 24.9 Å². The first kappa shape index (κ1) is 14.4. The van der Waals surface area contributed by atoms with Crippen molar-refractivity contribution in [2.45, 2.75) is 52.3 Å². The standard InChI is InChI=1S/C14H20F3NO/c1-12(2)6-10-7-13(3,8-12)9-18(10)5-4-11(19)14(15,16)17/h4-5,10H,6-9H2,1-3H3/b5-4+/t10-,13+/m1/s1. The second kappa shape index (κ2) is 4.25. The zero-order chi connectivity index (χ0) is 14.5. The van der Waals surface area contributed by atoms with Crippen molar-refractivity contribution in [3.63, 3.8) is 0 Å². The molecule has 0 unspecified atom stereocenters. The maximum Gasteiger partial charge on any atom is 0.454 e. The van der Waals surface area contributed by atoms with E-state index in [-0.39, 0.29) is 16.9 Å². The number of hydrogen-bond donors (Lipinski definition) is 0. The van der Waals surface area contributed by atoms with E-state index < -0.39 is 12.0 Å². The van der Waals surface area contributed by atoms with Crippen molar-refractivity contribution < 1.29 is 18.0 Å². The largest absolute Gasteiger partial charge is 0.454 e. The molecule has 1 aliphatic heterocycles. The molecule has 0 aromatic rings. The maximum absolute atomic E-state index is 12.2. The minimum Gasteiger partial charge on any atom is -0.374 e. The third kappa shape index (κ3) is 3.12. The highest BCUT2D eigenvalue weighted by Crippen LogP contribution is 2.52. The summed E-state index contributed by atoms with van der Waals surface area (Å²) in [7, 11) is 0. The monoisotopic (exact) mass is 275 g/mol. The maximum atomic E-state index is 12.2. The van der Waals surface area contributed by atoms with Crippen molar-refractivity contribution in [3.8, 4) is 0 Å². The van der Waals surface area contributed by atoms with Crippen LogP contribution in [0.2, 0.25) is 0 Å². The summed E-state index contributed by atoms with van der Waals surface area (Å²) in [6.07, 6.45) is 0.279. The zero-order valence-electron chi connectivity index (χ0n) is 11.5. The van der Waals surface area contributed by atoms with Crippen LogP contribution in [0.25, 0.3) is 0 Å². The summed E-state index contributed by atoms with van der Waals surface area (Å²) in [5.41, 5.74) is 0.367. The number of fused-ring (bicyclic) bond motifs is 2. The van der Waals surface area contributed by atoms with Gasteiger partial charge in [-0.15, -0.1) is 0 Å². The van der Waals surface area contributed by atoms with E-state index in [0.717, 1.165) is 25.8 Å². The van der Waals surface area contributed by atoms with Crippen LogP contribution in [-0.2, 0) is 4.79 Å². The molecule has 1 heterocycles. The quantitative estimate of drug-likeness (QED) is 0.718. The van der Waals surface area contributed by atoms with E-state index in [1.165, 1.54) is 6.20 Å². The van der Waals surface area contributed by atoms with Gasteiger partial charge in [-0.1, -0.05) is 20.8 Å². The van der Waals surface area contributed by atoms with E-state index in [1.54, 1.807) is 0 Å². The van der Waals surface area contributed by atoms with Crippen LogP contribution < -0.4 is 0 Å². The van der Waals surface area contributed by atoms with E-state index in [2.05, 4.69) is 20.8 Å². The number of rotatable bonds is 2. The molecule has 5 heteroatoms. The van der Waals surface area contributed by atoms with E-state index in [9.17, 15) is 18.0 Å². The Hall–Kier alpha value is -1.00. The average Bonchev–Trinajstić information content (AvgIpc) is 2.42. The Morgan fingerprint density at radius 2 is 1.89 bits per heavy atom. The number of carbonyl (C=O) groups is 1. The van der Waals surface area contributed by atoms with Crippen molar-refractivity contribution >= 4 is 5.78 Å². The molecule has 0 spiro atoms. The molecule has 2 fully saturated rings. The number of carbonyl (C=O) groups excluding carboxylic acids is 1. The number of allylic oxidation sites excluding steroid dienone is 1. The zero-order valence-corrected chi connectivity index (χ0v) is 11.5. The smallest absolute Gasteiger partial charge is 0.374 e. The van der Waals surface area contributed by atoms with Gasteiger partial charge in [-0.05, 0) is 30.1 Å². The van der Waals surface area contributed by atoms with Crippen LogP contribution in [0.1, 0.15) is 40.0 Å². The second-order valence-electron chi connectivity index (χ2n) is 7.06. The van der Waals surface area contributed by atoms with Gasteiger partial charge in [-0.25, -0.2) is 0 Å². The van der Waals surface area contributed by atoms with E-state index in [0.29, 0.717) is 6.08 Å². The number of hydrogen-bond acceptors (Lipinski definition) is 2. The van der Waals surface area contributed by atoms with E-state index in [1.807, 2.05) is 4.90 Å². The highest BCUT2D eigenvalue weighted by Gasteiger charge is 2.48. The summed E-state index contributed by atoms with van der Waals surface area (Å²) >= 11 is 0. The third-order valence-corrected chi connectivity index (χ3v) is 4.15. The van der Waals surface area contributed by atoms with Crippen molar-refractivity contribution in [1.29, 1.82) is 0 Å². The first-order chi connectivity index (χ1) is 8.51. The molecule has 0 amide bonds. The van der Waals surface area contributed by atoms with Gasteiger partial charge in [0.1, 0.15) is 0 Å². The van der Waals surface area contributed by atoms with Gasteiger partial charge < -0.3 is 4.90 Å². The van der Waals surface area contributed by atoms with Crippen molar-refractivity contribution in [2.75, 3.05) is 6.54 Å². The average molecular weight is 275 g/mol. The summed E-state index contributed by atoms with van der Waals surface area (Å²) in [6, 6.07) is 0.256. The molecule has 1 aliphatic carbocycles. The van der Waals surface area contributed by atoms with E-state index >= 15 is 0 Å². The third-order valence-electron chi connectivity index (χ3n) is 4.15. The predicted octanol–water partition coefficient (Wildman–Crippen LogP) is 3.53. The molecule has 19 heavy (non-hydrogen) atoms. The van der Waals surface area contributed by atoms with Crippen LogP contribution in [0.3, 0.4) is 0 Å². The van der Waals surface area contributed by atoms with Crippen LogP contribution in [0, 0.1) is 10.8 Å². The fraction of sp³-hybridized carbons (Fsp3) is 0.786. The van der Waals surface area contributed by atoms with Gasteiger partial charge in [0.25, 0.3) is 5.78 Å². The summed E-state index contributed by atoms with van der Waals surface area (Å²) < 4.78 is 36.5. The lowest BCUT2D eigenvalue weighted by Crippen LogP contribution is -2.33. The topological polar surface area (TPSA) is 20.3 Å². The first-order valence-electron chi connectivity index (χ1n) is 6.56. The summed E-state index contributed by atoms with van der Waals surface area (Å²) in [5.74, 6) is -1.78. The lowest BCUT2D eigenvalue weighted by atomic mass is 9.65. The molecule has 2 nitrogen and oxygen atoms in total. The lowest BCUT2D eigenvalue weighted by Gasteiger charge is -2.39. The van der Waals surface area contributed by atoms with Gasteiger partial charge in [-0.3, -0.25) is 4.79 Å². The highest BCUT2D eigenvalue weighted by atomic mass is 19.4. The number of alkyl halides is 3. The van der Waals surface area contributed by atoms with E-state index in [4.69, 9.17) is 0 Å². The highest BCUT2D eigenvalue weighted by molar-refractivity contribution is 5.94. The van der Waals surface area contributed by atoms with Crippen molar-refractivity contribution in [2.24, 2.45) is 10.8 Å². The Bertz CT molecular complexity index is 413. The summed E-state index contributed by atoms with van der Waals surface area (Å²) in [6.45, 7) is 7.32. The Labute approximate surface area is 111 Å². The van der Waals surface area contributed by atoms with Crippen molar-refractivity contribution in [3.05, 3.63) is 12.3 Å². The molecule has 0 aromatic carbocycles. The van der Waals surface area contributed by atoms with Crippen LogP contribution >= 0.6 is 0 Å². The summed E-state index contributed by atoms with van der Waals surface area (Å²) in [4.78, 5) is 12.8. The Morgan fingerprint density at radius 1 is 1.26 bits per heavy atom. The van der Waals surface area contributed by atoms with Crippen LogP contribution in [0.15, 0.2) is 12.3 Å². The molecule has 0 N–H and O–H groups in total. The molecular weight excluding hydrogens is 255 g/mol. The van der Waals surface area contributed by atoms with Crippen LogP contribution in [-0.4, -0.2) is 29.4 Å². The number of likely N-dealkylation sites (tertiary alicyclic amines) is 1. The van der Waals surface area contributed by atoms with Crippen molar-refractivity contribution in [1.82, 2.24) is 4.90 Å². The molecule has 2 aliphatic rings. The van der Waals surface area contributed by atoms with Gasteiger partial charge in [0.15, 0.2) is 0 Å². The first-order valence-corrected chi connectivity index (χ1v) is 6.56. The number of ketones is 1. The number of halogens is 3. The fourth-order valence-electron chi connectivity index (χ4n) is 3.94. The molecule has 0 aromatic heterocycles. The Balaban J connectivity index is 2.08. The minimum absolute atomic E-state index is 0.151. The SMILES string of the molecule is CC1(C)C[C@@H]2C[C@](C)(CN2/C=C/C(=O)C(F)(F)F)C1. The lowest BCUT2D eigenvalue weighted by molar-refractivity contribution is -0.165. The summed E-state index contributed by atoms with van der Waals surface area (Å²) in [5, 5.41) is 0. The van der Waals surface area contributed by atoms with Crippen LogP contribution in [0.5, 0.6) is 0 Å². The van der Waals surface area contributed by atoms with Crippen LogP contribution in [0.4, 0.5) is 13.2 Å². The normalized spacial score (nSPS) is 34.0. The molecule has 2 bridgehead atoms. The second-order valence-corrected chi connectivity index (χ2v) is 7.06. The Morgan fingerprint density at radius 3 is 2.47 bits per heavy atom. The number of nitrogens with zero attached hydrogens (tertiary/aromatic N) is 1. The Kier molecular flexibility index (Phi) is 3.22. The molecule has 2 atom stereocenters. The van der Waals surface area contributed by atoms with Gasteiger partial charge >= 0.3 is 6.18 Å². The fourth-order valence-corrected chi connectivity index (χ4v) is 3.94. The molecule has 108 valence electrons. The van der Waals surface area contributed by atoms with Gasteiger partial charge in [-0.2, -0.15) is 13.2 Å². The molecule has 0 radical (unpaired) electrons. The van der Waals surface area contributed by atoms with Gasteiger partial charge in [0.2, 0.25) is 0 Å². The molecule has 2 rings (SSSR count). The minimum atomic E-state index is -4.77. The predicted molar refractivity (Wildman–Crippen MR) is 66.4 cm³/mol. The molecule has 1 saturated carbocycles. The molecule has 1 saturated heterocycles. The van der Waals surface area contributed by atoms with Gasteiger partial charge in [0.05, 0.1) is 0 Å². The molecular formula is C14H20F3NO.